The van der Waals surface area contributed by atoms with Crippen LogP contribution in [0.1, 0.15) is 39.9 Å². The van der Waals surface area contributed by atoms with Crippen molar-refractivity contribution < 1.29 is 38.4 Å². The van der Waals surface area contributed by atoms with Crippen molar-refractivity contribution in [3.05, 3.63) is 59.9 Å². The summed E-state index contributed by atoms with van der Waals surface area (Å²) in [5.74, 6) is -2.02. The standard InChI is InChI=1S/C26H27F4N5O4S.2H2/c1-15(2)14-39-18-12-16(11-17(27)13-18)20-9-8-19(24(32-20)35-10-4-5-21(35)26(28,29)30)25(36)34-40(37,38)23-7-3-6-22(31)33-23;;/h3,6-9,11-13,15,21H,4-5,10,14H2,1-2H3,(H2,31,33)(H,34,36);2*1H/t21-;;/m1../s1. The largest absolute Gasteiger partial charge is 0.493 e. The third-order valence-electron chi connectivity index (χ3n) is 6.02. The van der Waals surface area contributed by atoms with Gasteiger partial charge in [-0.1, -0.05) is 19.9 Å². The molecule has 1 saturated heterocycles. The maximum absolute atomic E-state index is 14.4. The topological polar surface area (TPSA) is 128 Å². The second-order valence-corrected chi connectivity index (χ2v) is 11.3. The Morgan fingerprint density at radius 3 is 2.62 bits per heavy atom. The van der Waals surface area contributed by atoms with E-state index in [1.54, 1.807) is 0 Å². The van der Waals surface area contributed by atoms with Crippen LogP contribution in [0.25, 0.3) is 11.3 Å². The van der Waals surface area contributed by atoms with Gasteiger partial charge in [0.1, 0.15) is 29.2 Å². The molecule has 0 bridgehead atoms. The predicted molar refractivity (Wildman–Crippen MR) is 144 cm³/mol. The maximum atomic E-state index is 14.4. The van der Waals surface area contributed by atoms with E-state index in [9.17, 15) is 30.8 Å². The minimum Gasteiger partial charge on any atom is -0.493 e. The zero-order valence-corrected chi connectivity index (χ0v) is 22.4. The second-order valence-electron chi connectivity index (χ2n) is 9.68. The number of hydrogen-bond acceptors (Lipinski definition) is 8. The van der Waals surface area contributed by atoms with Crippen molar-refractivity contribution in [2.24, 2.45) is 5.92 Å². The van der Waals surface area contributed by atoms with Crippen molar-refractivity contribution in [3.8, 4) is 17.0 Å². The molecule has 3 aromatic rings. The highest BCUT2D eigenvalue weighted by Crippen LogP contribution is 2.38. The van der Waals surface area contributed by atoms with Gasteiger partial charge in [0.25, 0.3) is 15.9 Å². The fraction of sp³-hybridized carbons (Fsp3) is 0.346. The van der Waals surface area contributed by atoms with Gasteiger partial charge in [-0.2, -0.15) is 21.6 Å². The van der Waals surface area contributed by atoms with Gasteiger partial charge >= 0.3 is 6.18 Å². The second kappa shape index (κ2) is 11.3. The van der Waals surface area contributed by atoms with Crippen molar-refractivity contribution in [2.75, 3.05) is 23.8 Å². The molecule has 1 amide bonds. The average molecular weight is 586 g/mol. The summed E-state index contributed by atoms with van der Waals surface area (Å²) < 4.78 is 89.1. The highest BCUT2D eigenvalue weighted by Gasteiger charge is 2.47. The van der Waals surface area contributed by atoms with E-state index >= 15 is 0 Å². The summed E-state index contributed by atoms with van der Waals surface area (Å²) in [6, 6.07) is 8.06. The Morgan fingerprint density at radius 2 is 1.95 bits per heavy atom. The average Bonchev–Trinajstić information content (AvgIpc) is 3.37. The molecule has 14 heteroatoms. The van der Waals surface area contributed by atoms with Crippen molar-refractivity contribution in [2.45, 2.75) is 43.9 Å². The van der Waals surface area contributed by atoms with E-state index in [4.69, 9.17) is 10.5 Å². The SMILES string of the molecule is CC(C)COc1cc(F)cc(-c2ccc(C(=O)NS(=O)(=O)c3cccc(N)n3)c(N3CCC[C@@H]3C(F)(F)F)n2)c1.[HH].[HH]. The number of amides is 1. The monoisotopic (exact) mass is 585 g/mol. The number of ether oxygens (including phenoxy) is 1. The molecule has 1 aromatic carbocycles. The van der Waals surface area contributed by atoms with Crippen LogP contribution in [-0.4, -0.2) is 49.7 Å². The van der Waals surface area contributed by atoms with Crippen LogP contribution in [-0.2, 0) is 10.0 Å². The Bertz CT molecular complexity index is 1530. The van der Waals surface area contributed by atoms with Crippen molar-refractivity contribution in [3.63, 3.8) is 0 Å². The Morgan fingerprint density at radius 1 is 1.20 bits per heavy atom. The first-order chi connectivity index (χ1) is 18.7. The molecule has 1 aliphatic rings. The molecule has 4 rings (SSSR count). The number of pyridine rings is 2. The van der Waals surface area contributed by atoms with E-state index in [0.717, 1.165) is 23.1 Å². The number of anilines is 2. The first kappa shape index (κ1) is 29.1. The highest BCUT2D eigenvalue weighted by atomic mass is 32.2. The number of halogens is 4. The number of nitrogen functional groups attached to an aromatic ring is 1. The lowest BCUT2D eigenvalue weighted by Gasteiger charge is -2.29. The van der Waals surface area contributed by atoms with Gasteiger partial charge in [-0.3, -0.25) is 4.79 Å². The molecule has 1 aliphatic heterocycles. The minimum atomic E-state index is -4.64. The summed E-state index contributed by atoms with van der Waals surface area (Å²) in [5, 5.41) is -0.546. The highest BCUT2D eigenvalue weighted by molar-refractivity contribution is 7.90. The van der Waals surface area contributed by atoms with Gasteiger partial charge in [-0.25, -0.2) is 19.1 Å². The first-order valence-electron chi connectivity index (χ1n) is 12.3. The van der Waals surface area contributed by atoms with Gasteiger partial charge in [0.05, 0.1) is 17.9 Å². The number of aromatic nitrogens is 2. The molecule has 0 radical (unpaired) electrons. The van der Waals surface area contributed by atoms with Gasteiger partial charge in [0, 0.05) is 21.0 Å². The molecule has 1 atom stereocenters. The number of alkyl halides is 3. The van der Waals surface area contributed by atoms with Crippen LogP contribution in [0.5, 0.6) is 5.75 Å². The molecule has 3 heterocycles. The van der Waals surface area contributed by atoms with E-state index in [2.05, 4.69) is 9.97 Å². The summed E-state index contributed by atoms with van der Waals surface area (Å²) in [4.78, 5) is 22.1. The number of nitrogens with one attached hydrogen (secondary N) is 1. The molecule has 0 saturated carbocycles. The van der Waals surface area contributed by atoms with Gasteiger partial charge in [-0.15, -0.1) is 0 Å². The first-order valence-corrected chi connectivity index (χ1v) is 13.8. The van der Waals surface area contributed by atoms with Crippen molar-refractivity contribution in [1.82, 2.24) is 14.7 Å². The Hall–Kier alpha value is -3.94. The number of carbonyl (C=O) groups excluding carboxylic acids is 1. The maximum Gasteiger partial charge on any atom is 0.408 e. The number of carbonyl (C=O) groups is 1. The molecule has 2 aromatic heterocycles. The van der Waals surface area contributed by atoms with E-state index in [0.29, 0.717) is 6.61 Å². The van der Waals surface area contributed by atoms with E-state index in [-0.39, 0.29) is 56.8 Å². The molecule has 3 N–H and O–H groups in total. The third kappa shape index (κ3) is 6.61. The zero-order chi connectivity index (χ0) is 29.2. The lowest BCUT2D eigenvalue weighted by molar-refractivity contribution is -0.146. The molecule has 9 nitrogen and oxygen atoms in total. The summed E-state index contributed by atoms with van der Waals surface area (Å²) in [5.41, 5.74) is 5.39. The molecule has 1 fully saturated rings. The quantitative estimate of drug-likeness (QED) is 0.352. The molecular weight excluding hydrogens is 554 g/mol. The normalized spacial score (nSPS) is 15.9. The van der Waals surface area contributed by atoms with Crippen LogP contribution in [0, 0.1) is 11.7 Å². The Balaban J connectivity index is 0.00000308. The van der Waals surface area contributed by atoms with Crippen LogP contribution in [0.3, 0.4) is 0 Å². The number of sulfonamides is 1. The number of benzene rings is 1. The fourth-order valence-corrected chi connectivity index (χ4v) is 5.17. The molecule has 218 valence electrons. The number of rotatable bonds is 8. The predicted octanol–water partition coefficient (Wildman–Crippen LogP) is 5.04. The van der Waals surface area contributed by atoms with Crippen LogP contribution in [0.2, 0.25) is 0 Å². The van der Waals surface area contributed by atoms with E-state index in [1.807, 2.05) is 18.6 Å². The molecule has 0 unspecified atom stereocenters. The van der Waals surface area contributed by atoms with Gasteiger partial charge in [0.2, 0.25) is 0 Å². The van der Waals surface area contributed by atoms with Crippen LogP contribution >= 0.6 is 0 Å². The number of nitrogens with two attached hydrogens (primary N) is 1. The van der Waals surface area contributed by atoms with E-state index in [1.165, 1.54) is 30.3 Å². The number of hydrogen-bond donors (Lipinski definition) is 2. The van der Waals surface area contributed by atoms with Crippen molar-refractivity contribution >= 4 is 27.6 Å². The molecule has 40 heavy (non-hydrogen) atoms. The number of nitrogens with zero attached hydrogens (tertiary/aromatic N) is 3. The Labute approximate surface area is 231 Å². The van der Waals surface area contributed by atoms with Crippen LogP contribution < -0.4 is 20.1 Å². The van der Waals surface area contributed by atoms with Gasteiger partial charge in [-0.05, 0) is 55.2 Å². The van der Waals surface area contributed by atoms with Crippen LogP contribution in [0.15, 0.2) is 53.6 Å². The summed E-state index contributed by atoms with van der Waals surface area (Å²) >= 11 is 0. The van der Waals surface area contributed by atoms with Gasteiger partial charge < -0.3 is 15.4 Å². The van der Waals surface area contributed by atoms with Crippen molar-refractivity contribution in [1.29, 1.82) is 0 Å². The lowest BCUT2D eigenvalue weighted by atomic mass is 10.1. The smallest absolute Gasteiger partial charge is 0.408 e. The minimum absolute atomic E-state index is 0. The summed E-state index contributed by atoms with van der Waals surface area (Å²) in [7, 11) is -4.52. The van der Waals surface area contributed by atoms with E-state index < -0.39 is 44.6 Å². The van der Waals surface area contributed by atoms with Gasteiger partial charge in [0.15, 0.2) is 5.03 Å². The fourth-order valence-electron chi connectivity index (χ4n) is 4.23. The zero-order valence-electron chi connectivity index (χ0n) is 21.6. The van der Waals surface area contributed by atoms with Crippen LogP contribution in [0.4, 0.5) is 29.2 Å². The Kier molecular flexibility index (Phi) is 8.19. The summed E-state index contributed by atoms with van der Waals surface area (Å²) in [6.45, 7) is 4.04. The lowest BCUT2D eigenvalue weighted by Crippen LogP contribution is -2.43. The molecule has 0 aliphatic carbocycles. The summed E-state index contributed by atoms with van der Waals surface area (Å²) in [6.07, 6.45) is -4.72. The molecular formula is C26H31F4N5O4S. The third-order valence-corrected chi connectivity index (χ3v) is 7.25. The molecule has 0 spiro atoms.